The van der Waals surface area contributed by atoms with Gasteiger partial charge in [-0.3, -0.25) is 4.79 Å². The van der Waals surface area contributed by atoms with E-state index in [2.05, 4.69) is 34.6 Å². The lowest BCUT2D eigenvalue weighted by molar-refractivity contribution is -0.118. The molecule has 31 heavy (non-hydrogen) atoms. The van der Waals surface area contributed by atoms with Gasteiger partial charge in [-0.15, -0.1) is 5.10 Å². The highest BCUT2D eigenvalue weighted by Gasteiger charge is 2.30. The third kappa shape index (κ3) is 5.61. The highest BCUT2D eigenvalue weighted by atomic mass is 32.2. The Hall–Kier alpha value is -3.38. The molecule has 0 saturated carbocycles. The average molecular weight is 430 g/mol. The summed E-state index contributed by atoms with van der Waals surface area (Å²) in [6, 6.07) is 25.8. The van der Waals surface area contributed by atoms with Gasteiger partial charge in [-0.1, -0.05) is 78.5 Å². The number of aryl methyl sites for hydroxylation is 1. The summed E-state index contributed by atoms with van der Waals surface area (Å²) in [5.41, 5.74) is 4.28. The number of rotatable bonds is 7. The van der Waals surface area contributed by atoms with Gasteiger partial charge >= 0.3 is 0 Å². The maximum atomic E-state index is 12.3. The summed E-state index contributed by atoms with van der Waals surface area (Å²) < 4.78 is 5.94. The molecule has 1 saturated heterocycles. The van der Waals surface area contributed by atoms with Gasteiger partial charge in [0.05, 0.1) is 11.5 Å². The van der Waals surface area contributed by atoms with Crippen LogP contribution in [0.5, 0.6) is 5.75 Å². The topological polar surface area (TPSA) is 63.1 Å². The molecule has 1 unspecified atom stereocenters. The number of hydrogen-bond donors (Lipinski definition) is 1. The molecular formula is C25H23N3O2S. The Morgan fingerprint density at radius 3 is 2.58 bits per heavy atom. The number of carbonyl (C=O) groups excluding carboxylic acids is 1. The molecule has 0 bridgehead atoms. The summed E-state index contributed by atoms with van der Waals surface area (Å²) in [5, 5.41) is 11.5. The third-order valence-corrected chi connectivity index (χ3v) is 6.02. The molecule has 1 amide bonds. The number of amides is 1. The molecule has 0 aromatic heterocycles. The van der Waals surface area contributed by atoms with Crippen LogP contribution < -0.4 is 10.1 Å². The van der Waals surface area contributed by atoms with Crippen LogP contribution in [0.25, 0.3) is 0 Å². The van der Waals surface area contributed by atoms with E-state index in [1.165, 1.54) is 22.9 Å². The number of thioether (sulfide) groups is 1. The number of nitrogens with one attached hydrogen (secondary N) is 1. The highest BCUT2D eigenvalue weighted by Crippen LogP contribution is 2.25. The Labute approximate surface area is 186 Å². The number of para-hydroxylation sites is 1. The summed E-state index contributed by atoms with van der Waals surface area (Å²) in [6.07, 6.45) is 2.32. The molecule has 1 aliphatic heterocycles. The fourth-order valence-corrected chi connectivity index (χ4v) is 4.18. The molecular weight excluding hydrogens is 406 g/mol. The summed E-state index contributed by atoms with van der Waals surface area (Å²) in [7, 11) is 0. The number of nitrogens with zero attached hydrogens (tertiary/aromatic N) is 2. The van der Waals surface area contributed by atoms with Crippen molar-refractivity contribution in [3.05, 3.63) is 101 Å². The Morgan fingerprint density at radius 1 is 1.00 bits per heavy atom. The van der Waals surface area contributed by atoms with Gasteiger partial charge in [0.15, 0.2) is 5.17 Å². The zero-order valence-corrected chi connectivity index (χ0v) is 18.0. The molecule has 3 aromatic carbocycles. The first-order chi connectivity index (χ1) is 15.2. The summed E-state index contributed by atoms with van der Waals surface area (Å²) in [4.78, 5) is 12.3. The Bertz CT molecular complexity index is 1110. The zero-order valence-electron chi connectivity index (χ0n) is 17.2. The molecule has 1 aliphatic rings. The number of carbonyl (C=O) groups is 1. The van der Waals surface area contributed by atoms with Crippen LogP contribution in [0.3, 0.4) is 0 Å². The van der Waals surface area contributed by atoms with E-state index in [0.717, 1.165) is 16.9 Å². The van der Waals surface area contributed by atoms with Crippen LogP contribution >= 0.6 is 11.8 Å². The number of ether oxygens (including phenoxy) is 1. The van der Waals surface area contributed by atoms with Crippen molar-refractivity contribution in [2.45, 2.75) is 25.2 Å². The van der Waals surface area contributed by atoms with E-state index in [1.54, 1.807) is 6.21 Å². The van der Waals surface area contributed by atoms with Gasteiger partial charge in [0.2, 0.25) is 5.91 Å². The molecule has 1 atom stereocenters. The van der Waals surface area contributed by atoms with Crippen LogP contribution in [0.2, 0.25) is 0 Å². The van der Waals surface area contributed by atoms with E-state index >= 15 is 0 Å². The number of benzene rings is 3. The minimum absolute atomic E-state index is 0.0335. The predicted octanol–water partition coefficient (Wildman–Crippen LogP) is 4.74. The van der Waals surface area contributed by atoms with Crippen molar-refractivity contribution in [2.24, 2.45) is 10.2 Å². The van der Waals surface area contributed by atoms with Crippen LogP contribution in [0, 0.1) is 6.92 Å². The largest absolute Gasteiger partial charge is 0.488 e. The zero-order chi connectivity index (χ0) is 21.5. The lowest BCUT2D eigenvalue weighted by atomic mass is 10.0. The van der Waals surface area contributed by atoms with Crippen molar-refractivity contribution in [3.63, 3.8) is 0 Å². The highest BCUT2D eigenvalue weighted by molar-refractivity contribution is 8.15. The van der Waals surface area contributed by atoms with Crippen molar-refractivity contribution in [3.8, 4) is 5.75 Å². The van der Waals surface area contributed by atoms with Gasteiger partial charge in [-0.2, -0.15) is 5.10 Å². The second-order valence-electron chi connectivity index (χ2n) is 7.19. The molecule has 3 aromatic rings. The fraction of sp³-hybridized carbons (Fsp3) is 0.160. The monoisotopic (exact) mass is 429 g/mol. The van der Waals surface area contributed by atoms with Crippen LogP contribution in [0.15, 0.2) is 89.1 Å². The normalized spacial score (nSPS) is 17.3. The molecule has 5 nitrogen and oxygen atoms in total. The van der Waals surface area contributed by atoms with Gasteiger partial charge in [-0.05, 0) is 42.2 Å². The molecule has 1 heterocycles. The number of hydrogen-bond acceptors (Lipinski definition) is 5. The Kier molecular flexibility index (Phi) is 6.79. The summed E-state index contributed by atoms with van der Waals surface area (Å²) >= 11 is 1.41. The second-order valence-corrected chi connectivity index (χ2v) is 8.38. The van der Waals surface area contributed by atoms with E-state index in [1.807, 2.05) is 66.7 Å². The van der Waals surface area contributed by atoms with E-state index in [9.17, 15) is 4.79 Å². The Morgan fingerprint density at radius 2 is 1.74 bits per heavy atom. The molecule has 4 rings (SSSR count). The maximum Gasteiger partial charge on any atom is 0.239 e. The molecule has 1 fully saturated rings. The maximum absolute atomic E-state index is 12.3. The van der Waals surface area contributed by atoms with Crippen LogP contribution in [-0.2, 0) is 17.8 Å². The van der Waals surface area contributed by atoms with Crippen LogP contribution in [-0.4, -0.2) is 22.5 Å². The smallest absolute Gasteiger partial charge is 0.239 e. The average Bonchev–Trinajstić information content (AvgIpc) is 3.14. The lowest BCUT2D eigenvalue weighted by Gasteiger charge is -2.08. The van der Waals surface area contributed by atoms with E-state index in [0.29, 0.717) is 18.2 Å². The first kappa shape index (κ1) is 20.9. The van der Waals surface area contributed by atoms with Crippen molar-refractivity contribution in [2.75, 3.05) is 0 Å². The summed E-state index contributed by atoms with van der Waals surface area (Å²) in [6.45, 7) is 2.54. The van der Waals surface area contributed by atoms with Gasteiger partial charge in [0.1, 0.15) is 12.4 Å². The fourth-order valence-electron chi connectivity index (χ4n) is 3.22. The van der Waals surface area contributed by atoms with Crippen molar-refractivity contribution < 1.29 is 9.53 Å². The minimum Gasteiger partial charge on any atom is -0.488 e. The van der Waals surface area contributed by atoms with Crippen molar-refractivity contribution in [1.29, 1.82) is 0 Å². The molecule has 1 N–H and O–H groups in total. The molecule has 0 spiro atoms. The first-order valence-corrected chi connectivity index (χ1v) is 11.0. The lowest BCUT2D eigenvalue weighted by Crippen LogP contribution is -2.26. The third-order valence-electron chi connectivity index (χ3n) is 4.94. The second kappa shape index (κ2) is 10.1. The summed E-state index contributed by atoms with van der Waals surface area (Å²) in [5.74, 6) is 0.699. The molecule has 0 radical (unpaired) electrons. The first-order valence-electron chi connectivity index (χ1n) is 10.1. The predicted molar refractivity (Wildman–Crippen MR) is 127 cm³/mol. The molecule has 0 aliphatic carbocycles. The van der Waals surface area contributed by atoms with E-state index in [-0.39, 0.29) is 11.2 Å². The van der Waals surface area contributed by atoms with Gasteiger partial charge < -0.3 is 10.1 Å². The van der Waals surface area contributed by atoms with Crippen LogP contribution in [0.4, 0.5) is 0 Å². The minimum atomic E-state index is -0.198. The van der Waals surface area contributed by atoms with E-state index in [4.69, 9.17) is 4.74 Å². The van der Waals surface area contributed by atoms with Crippen molar-refractivity contribution >= 4 is 29.1 Å². The standard InChI is InChI=1S/C25H23N3O2S/c1-18-9-5-6-12-20(18)15-23-24(29)27-25(31-23)28-26-16-21-13-7-8-14-22(21)30-17-19-10-3-2-4-11-19/h2-14,16,23H,15,17H2,1H3,(H,27,28,29)/b26-16+. The Balaban J connectivity index is 1.39. The van der Waals surface area contributed by atoms with E-state index < -0.39 is 0 Å². The van der Waals surface area contributed by atoms with Crippen LogP contribution in [0.1, 0.15) is 22.3 Å². The SMILES string of the molecule is Cc1ccccc1CC1S/C(=N/N=C/c2ccccc2OCc2ccccc2)NC1=O. The van der Waals surface area contributed by atoms with Crippen molar-refractivity contribution in [1.82, 2.24) is 5.32 Å². The van der Waals surface area contributed by atoms with Gasteiger partial charge in [0.25, 0.3) is 0 Å². The van der Waals surface area contributed by atoms with Gasteiger partial charge in [-0.25, -0.2) is 0 Å². The molecule has 156 valence electrons. The quantitative estimate of drug-likeness (QED) is 0.436. The van der Waals surface area contributed by atoms with Gasteiger partial charge in [0, 0.05) is 5.56 Å². The molecule has 6 heteroatoms. The number of amidine groups is 1.